The highest BCUT2D eigenvalue weighted by molar-refractivity contribution is 8.00. The standard InChI is InChI=1S/C27H27N3O3S/c1-18(20-10-5-4-6-11-20)17-28-25(31)19(2)34-27-29-24-15-8-7-14-23(24)26(32)30(27)21-12-9-13-22(16-21)33-3/h4-16,18-19H,17H2,1-3H3,(H,28,31). The first kappa shape index (κ1) is 23.6. The average molecular weight is 474 g/mol. The molecule has 4 aromatic rings. The Balaban J connectivity index is 1.61. The first-order chi connectivity index (χ1) is 16.5. The smallest absolute Gasteiger partial charge is 0.266 e. The van der Waals surface area contributed by atoms with E-state index in [1.165, 1.54) is 17.3 Å². The van der Waals surface area contributed by atoms with Gasteiger partial charge in [0, 0.05) is 12.6 Å². The Labute approximate surface area is 203 Å². The Morgan fingerprint density at radius 3 is 2.53 bits per heavy atom. The summed E-state index contributed by atoms with van der Waals surface area (Å²) in [5.74, 6) is 0.720. The fourth-order valence-corrected chi connectivity index (χ4v) is 4.63. The number of fused-ring (bicyclic) bond motifs is 1. The SMILES string of the molecule is COc1cccc(-n2c(SC(C)C(=O)NCC(C)c3ccccc3)nc3ccccc3c2=O)c1. The van der Waals surface area contributed by atoms with Crippen LogP contribution in [-0.4, -0.2) is 34.4 Å². The molecule has 34 heavy (non-hydrogen) atoms. The van der Waals surface area contributed by atoms with E-state index >= 15 is 0 Å². The van der Waals surface area contributed by atoms with Crippen LogP contribution in [0, 0.1) is 0 Å². The van der Waals surface area contributed by atoms with Crippen LogP contribution >= 0.6 is 11.8 Å². The predicted octanol–water partition coefficient (Wildman–Crippen LogP) is 4.79. The molecule has 0 fully saturated rings. The fourth-order valence-electron chi connectivity index (χ4n) is 3.68. The molecule has 0 spiro atoms. The van der Waals surface area contributed by atoms with Gasteiger partial charge in [-0.3, -0.25) is 14.2 Å². The van der Waals surface area contributed by atoms with Crippen molar-refractivity contribution in [3.05, 3.63) is 94.8 Å². The summed E-state index contributed by atoms with van der Waals surface area (Å²) in [5, 5.41) is 3.56. The van der Waals surface area contributed by atoms with Crippen LogP contribution in [0.25, 0.3) is 16.6 Å². The van der Waals surface area contributed by atoms with Gasteiger partial charge in [-0.1, -0.05) is 67.2 Å². The molecule has 0 aliphatic heterocycles. The number of carbonyl (C=O) groups is 1. The second-order valence-corrected chi connectivity index (χ2v) is 9.38. The van der Waals surface area contributed by atoms with Crippen molar-refractivity contribution in [3.63, 3.8) is 0 Å². The van der Waals surface area contributed by atoms with Crippen LogP contribution in [0.4, 0.5) is 0 Å². The minimum Gasteiger partial charge on any atom is -0.497 e. The average Bonchev–Trinajstić information content (AvgIpc) is 2.87. The first-order valence-electron chi connectivity index (χ1n) is 11.1. The zero-order valence-electron chi connectivity index (χ0n) is 19.4. The number of thioether (sulfide) groups is 1. The number of ether oxygens (including phenoxy) is 1. The predicted molar refractivity (Wildman–Crippen MR) is 137 cm³/mol. The molecule has 1 heterocycles. The van der Waals surface area contributed by atoms with E-state index < -0.39 is 5.25 Å². The van der Waals surface area contributed by atoms with E-state index in [4.69, 9.17) is 9.72 Å². The molecular formula is C27H27N3O3S. The minimum atomic E-state index is -0.451. The Bertz CT molecular complexity index is 1350. The van der Waals surface area contributed by atoms with Gasteiger partial charge in [-0.25, -0.2) is 4.98 Å². The molecule has 1 amide bonds. The number of methoxy groups -OCH3 is 1. The molecule has 2 unspecified atom stereocenters. The number of aromatic nitrogens is 2. The summed E-state index contributed by atoms with van der Waals surface area (Å²) < 4.78 is 6.89. The van der Waals surface area contributed by atoms with Crippen molar-refractivity contribution in [1.29, 1.82) is 0 Å². The normalized spacial score (nSPS) is 12.8. The van der Waals surface area contributed by atoms with Gasteiger partial charge in [0.25, 0.3) is 5.56 Å². The van der Waals surface area contributed by atoms with Crippen molar-refractivity contribution >= 4 is 28.6 Å². The molecule has 6 nitrogen and oxygen atoms in total. The van der Waals surface area contributed by atoms with Gasteiger partial charge < -0.3 is 10.1 Å². The van der Waals surface area contributed by atoms with Crippen molar-refractivity contribution in [2.24, 2.45) is 0 Å². The summed E-state index contributed by atoms with van der Waals surface area (Å²) in [7, 11) is 1.58. The van der Waals surface area contributed by atoms with Gasteiger partial charge in [-0.05, 0) is 42.7 Å². The highest BCUT2D eigenvalue weighted by Crippen LogP contribution is 2.26. The highest BCUT2D eigenvalue weighted by atomic mass is 32.2. The number of hydrogen-bond donors (Lipinski definition) is 1. The number of para-hydroxylation sites is 1. The van der Waals surface area contributed by atoms with Crippen LogP contribution in [-0.2, 0) is 4.79 Å². The Morgan fingerprint density at radius 1 is 1.03 bits per heavy atom. The van der Waals surface area contributed by atoms with Crippen LogP contribution < -0.4 is 15.6 Å². The third-order valence-electron chi connectivity index (χ3n) is 5.66. The van der Waals surface area contributed by atoms with Gasteiger partial charge >= 0.3 is 0 Å². The lowest BCUT2D eigenvalue weighted by Gasteiger charge is -2.18. The quantitative estimate of drug-likeness (QED) is 0.294. The molecule has 4 rings (SSSR count). The molecule has 1 N–H and O–H groups in total. The Morgan fingerprint density at radius 2 is 1.76 bits per heavy atom. The lowest BCUT2D eigenvalue weighted by atomic mass is 10.0. The summed E-state index contributed by atoms with van der Waals surface area (Å²) in [6.07, 6.45) is 0. The number of benzene rings is 3. The zero-order valence-corrected chi connectivity index (χ0v) is 20.2. The number of amides is 1. The van der Waals surface area contributed by atoms with Crippen molar-refractivity contribution in [1.82, 2.24) is 14.9 Å². The topological polar surface area (TPSA) is 73.2 Å². The molecule has 0 radical (unpaired) electrons. The maximum atomic E-state index is 13.4. The largest absolute Gasteiger partial charge is 0.497 e. The summed E-state index contributed by atoms with van der Waals surface area (Å²) in [5.41, 5.74) is 2.22. The number of rotatable bonds is 8. The van der Waals surface area contributed by atoms with Gasteiger partial charge in [0.1, 0.15) is 5.75 Å². The van der Waals surface area contributed by atoms with Gasteiger partial charge in [0.2, 0.25) is 5.91 Å². The van der Waals surface area contributed by atoms with E-state index in [1.54, 1.807) is 23.8 Å². The van der Waals surface area contributed by atoms with E-state index in [0.717, 1.165) is 0 Å². The minimum absolute atomic E-state index is 0.104. The number of nitrogens with zero attached hydrogens (tertiary/aromatic N) is 2. The van der Waals surface area contributed by atoms with Crippen molar-refractivity contribution in [3.8, 4) is 11.4 Å². The molecule has 2 atom stereocenters. The summed E-state index contributed by atoms with van der Waals surface area (Å²) in [6.45, 7) is 4.44. The third kappa shape index (κ3) is 5.15. The van der Waals surface area contributed by atoms with Crippen LogP contribution in [0.3, 0.4) is 0 Å². The first-order valence-corrected chi connectivity index (χ1v) is 12.0. The molecule has 0 bridgehead atoms. The molecular weight excluding hydrogens is 446 g/mol. The number of nitrogens with one attached hydrogen (secondary N) is 1. The maximum Gasteiger partial charge on any atom is 0.266 e. The lowest BCUT2D eigenvalue weighted by molar-refractivity contribution is -0.120. The number of hydrogen-bond acceptors (Lipinski definition) is 5. The monoisotopic (exact) mass is 473 g/mol. The van der Waals surface area contributed by atoms with Crippen LogP contribution in [0.1, 0.15) is 25.3 Å². The van der Waals surface area contributed by atoms with E-state index in [2.05, 4.69) is 24.4 Å². The van der Waals surface area contributed by atoms with Crippen molar-refractivity contribution in [2.45, 2.75) is 30.2 Å². The fraction of sp³-hybridized carbons (Fsp3) is 0.222. The summed E-state index contributed by atoms with van der Waals surface area (Å²) in [6, 6.07) is 24.6. The van der Waals surface area contributed by atoms with E-state index in [9.17, 15) is 9.59 Å². The van der Waals surface area contributed by atoms with Crippen molar-refractivity contribution in [2.75, 3.05) is 13.7 Å². The van der Waals surface area contributed by atoms with Crippen LogP contribution in [0.15, 0.2) is 88.8 Å². The molecule has 0 saturated carbocycles. The van der Waals surface area contributed by atoms with E-state index in [1.807, 2.05) is 61.5 Å². The van der Waals surface area contributed by atoms with Crippen LogP contribution in [0.2, 0.25) is 0 Å². The highest BCUT2D eigenvalue weighted by Gasteiger charge is 2.21. The second kappa shape index (κ2) is 10.6. The molecule has 0 saturated heterocycles. The molecule has 0 aliphatic rings. The van der Waals surface area contributed by atoms with Gasteiger partial charge in [0.05, 0.1) is 29.0 Å². The molecule has 1 aromatic heterocycles. The van der Waals surface area contributed by atoms with E-state index in [-0.39, 0.29) is 17.4 Å². The van der Waals surface area contributed by atoms with Gasteiger partial charge in [0.15, 0.2) is 5.16 Å². The molecule has 7 heteroatoms. The van der Waals surface area contributed by atoms with Crippen molar-refractivity contribution < 1.29 is 9.53 Å². The summed E-state index contributed by atoms with van der Waals surface area (Å²) in [4.78, 5) is 31.1. The summed E-state index contributed by atoms with van der Waals surface area (Å²) >= 11 is 1.26. The van der Waals surface area contributed by atoms with Gasteiger partial charge in [-0.2, -0.15) is 0 Å². The van der Waals surface area contributed by atoms with E-state index in [0.29, 0.717) is 34.0 Å². The van der Waals surface area contributed by atoms with Gasteiger partial charge in [-0.15, -0.1) is 0 Å². The van der Waals surface area contributed by atoms with Crippen LogP contribution in [0.5, 0.6) is 5.75 Å². The Kier molecular flexibility index (Phi) is 7.33. The zero-order chi connectivity index (χ0) is 24.1. The molecule has 174 valence electrons. The second-order valence-electron chi connectivity index (χ2n) is 8.07. The molecule has 0 aliphatic carbocycles. The lowest BCUT2D eigenvalue weighted by Crippen LogP contribution is -2.34. The maximum absolute atomic E-state index is 13.4. The Hall–Kier alpha value is -3.58. The third-order valence-corrected chi connectivity index (χ3v) is 6.71. The number of carbonyl (C=O) groups excluding carboxylic acids is 1. The molecule has 3 aromatic carbocycles.